The zero-order valence-corrected chi connectivity index (χ0v) is 12.9. The van der Waals surface area contributed by atoms with E-state index in [9.17, 15) is 9.59 Å². The Morgan fingerprint density at radius 1 is 1.26 bits per heavy atom. The number of hydrogen-bond donors (Lipinski definition) is 0. The predicted octanol–water partition coefficient (Wildman–Crippen LogP) is 2.58. The summed E-state index contributed by atoms with van der Waals surface area (Å²) >= 11 is 0. The molecule has 3 heterocycles. The molecule has 118 valence electrons. The van der Waals surface area contributed by atoms with Crippen LogP contribution in [0.5, 0.6) is 0 Å². The van der Waals surface area contributed by atoms with Crippen molar-refractivity contribution in [1.82, 2.24) is 15.0 Å². The highest BCUT2D eigenvalue weighted by atomic mass is 16.5. The zero-order chi connectivity index (χ0) is 16.0. The van der Waals surface area contributed by atoms with Crippen molar-refractivity contribution < 1.29 is 14.1 Å². The second-order valence-corrected chi connectivity index (χ2v) is 6.10. The Bertz CT molecular complexity index is 744. The molecule has 0 bridgehead atoms. The Morgan fingerprint density at radius 3 is 2.78 bits per heavy atom. The molecule has 6 heteroatoms. The van der Waals surface area contributed by atoms with E-state index in [-0.39, 0.29) is 24.5 Å². The first-order valence-corrected chi connectivity index (χ1v) is 7.78. The fraction of sp³-hybridized carbons (Fsp3) is 0.353. The number of nitrogens with zero attached hydrogens (tertiary/aromatic N) is 3. The van der Waals surface area contributed by atoms with Gasteiger partial charge in [-0.25, -0.2) is 4.79 Å². The summed E-state index contributed by atoms with van der Waals surface area (Å²) in [6, 6.07) is 9.25. The molecule has 23 heavy (non-hydrogen) atoms. The Morgan fingerprint density at radius 2 is 2.04 bits per heavy atom. The van der Waals surface area contributed by atoms with Gasteiger partial charge in [0.2, 0.25) is 0 Å². The molecule has 2 saturated heterocycles. The molecular formula is C17H17N3O3. The van der Waals surface area contributed by atoms with Crippen LogP contribution in [-0.2, 0) is 11.3 Å². The molecule has 1 atom stereocenters. The van der Waals surface area contributed by atoms with Gasteiger partial charge in [-0.15, -0.1) is 0 Å². The fourth-order valence-electron chi connectivity index (χ4n) is 3.23. The molecule has 0 unspecified atom stereocenters. The van der Waals surface area contributed by atoms with Gasteiger partial charge in [-0.1, -0.05) is 35.0 Å². The van der Waals surface area contributed by atoms with Crippen LogP contribution in [0, 0.1) is 6.92 Å². The number of hydrogen-bond acceptors (Lipinski definition) is 4. The van der Waals surface area contributed by atoms with Crippen LogP contribution in [-0.4, -0.2) is 39.5 Å². The molecule has 2 aliphatic heterocycles. The smallest absolute Gasteiger partial charge is 0.327 e. The van der Waals surface area contributed by atoms with E-state index in [1.165, 1.54) is 10.5 Å². The summed E-state index contributed by atoms with van der Waals surface area (Å²) in [5, 5.41) is 4.04. The molecule has 2 fully saturated rings. The normalized spacial score (nSPS) is 20.5. The summed E-state index contributed by atoms with van der Waals surface area (Å²) in [5.74, 6) is 0.393. The molecule has 0 spiro atoms. The second-order valence-electron chi connectivity index (χ2n) is 6.10. The number of rotatable bonds is 3. The topological polar surface area (TPSA) is 66.7 Å². The number of aryl methyl sites for hydroxylation is 1. The molecule has 2 aliphatic rings. The number of carbonyl (C=O) groups excluding carboxylic acids is 2. The standard InChI is InChI=1S/C17H17N3O3/c1-11-4-6-12(7-5-11)14-9-13(23-18-14)10-20-16(21)15-3-2-8-19(15)17(20)22/h4-7,9,15H,2-3,8,10H2,1H3/t15-/m1/s1. The number of benzene rings is 1. The molecule has 1 aromatic heterocycles. The maximum Gasteiger partial charge on any atom is 0.327 e. The summed E-state index contributed by atoms with van der Waals surface area (Å²) in [7, 11) is 0. The Labute approximate surface area is 133 Å². The minimum Gasteiger partial charge on any atom is -0.359 e. The van der Waals surface area contributed by atoms with Crippen LogP contribution in [0.4, 0.5) is 4.79 Å². The molecule has 2 aromatic rings. The first-order chi connectivity index (χ1) is 11.1. The van der Waals surface area contributed by atoms with Gasteiger partial charge < -0.3 is 9.42 Å². The highest BCUT2D eigenvalue weighted by Crippen LogP contribution is 2.29. The van der Waals surface area contributed by atoms with Crippen molar-refractivity contribution >= 4 is 11.9 Å². The summed E-state index contributed by atoms with van der Waals surface area (Å²) in [6.45, 7) is 2.83. The number of aromatic nitrogens is 1. The van der Waals surface area contributed by atoms with Crippen molar-refractivity contribution in [2.24, 2.45) is 0 Å². The molecule has 0 aliphatic carbocycles. The van der Waals surface area contributed by atoms with E-state index in [0.717, 1.165) is 18.4 Å². The number of urea groups is 1. The van der Waals surface area contributed by atoms with E-state index in [0.29, 0.717) is 18.0 Å². The summed E-state index contributed by atoms with van der Waals surface area (Å²) in [5.41, 5.74) is 2.83. The van der Waals surface area contributed by atoms with E-state index < -0.39 is 0 Å². The third-order valence-corrected chi connectivity index (χ3v) is 4.50. The van der Waals surface area contributed by atoms with Gasteiger partial charge in [-0.05, 0) is 19.8 Å². The molecule has 3 amide bonds. The third kappa shape index (κ3) is 2.30. The van der Waals surface area contributed by atoms with Gasteiger partial charge in [-0.2, -0.15) is 0 Å². The number of carbonyl (C=O) groups is 2. The van der Waals surface area contributed by atoms with Crippen LogP contribution >= 0.6 is 0 Å². The van der Waals surface area contributed by atoms with E-state index in [1.54, 1.807) is 11.0 Å². The van der Waals surface area contributed by atoms with Gasteiger partial charge >= 0.3 is 6.03 Å². The average molecular weight is 311 g/mol. The molecular weight excluding hydrogens is 294 g/mol. The monoisotopic (exact) mass is 311 g/mol. The zero-order valence-electron chi connectivity index (χ0n) is 12.9. The van der Waals surface area contributed by atoms with Crippen molar-refractivity contribution in [3.05, 3.63) is 41.7 Å². The Balaban J connectivity index is 1.53. The molecule has 1 aromatic carbocycles. The Hall–Kier alpha value is -2.63. The minimum absolute atomic E-state index is 0.124. The molecule has 0 radical (unpaired) electrons. The van der Waals surface area contributed by atoms with Gasteiger partial charge in [0.25, 0.3) is 5.91 Å². The fourth-order valence-corrected chi connectivity index (χ4v) is 3.23. The highest BCUT2D eigenvalue weighted by molar-refractivity contribution is 6.04. The first-order valence-electron chi connectivity index (χ1n) is 7.78. The summed E-state index contributed by atoms with van der Waals surface area (Å²) in [6.07, 6.45) is 1.65. The lowest BCUT2D eigenvalue weighted by molar-refractivity contribution is -0.128. The van der Waals surface area contributed by atoms with Crippen LogP contribution in [0.3, 0.4) is 0 Å². The lowest BCUT2D eigenvalue weighted by Gasteiger charge is -2.13. The minimum atomic E-state index is -0.276. The van der Waals surface area contributed by atoms with Gasteiger partial charge in [-0.3, -0.25) is 9.69 Å². The number of imide groups is 1. The SMILES string of the molecule is Cc1ccc(-c2cc(CN3C(=O)[C@H]4CCCN4C3=O)on2)cc1. The largest absolute Gasteiger partial charge is 0.359 e. The van der Waals surface area contributed by atoms with Crippen molar-refractivity contribution in [3.8, 4) is 11.3 Å². The van der Waals surface area contributed by atoms with E-state index in [1.807, 2.05) is 31.2 Å². The molecule has 6 nitrogen and oxygen atoms in total. The van der Waals surface area contributed by atoms with E-state index >= 15 is 0 Å². The first kappa shape index (κ1) is 14.0. The van der Waals surface area contributed by atoms with Crippen LogP contribution in [0.15, 0.2) is 34.9 Å². The second kappa shape index (κ2) is 5.22. The maximum absolute atomic E-state index is 12.3. The van der Waals surface area contributed by atoms with Gasteiger partial charge in [0, 0.05) is 18.2 Å². The van der Waals surface area contributed by atoms with Gasteiger partial charge in [0.05, 0.1) is 6.54 Å². The summed E-state index contributed by atoms with van der Waals surface area (Å²) in [4.78, 5) is 27.5. The van der Waals surface area contributed by atoms with Gasteiger partial charge in [0.15, 0.2) is 5.76 Å². The van der Waals surface area contributed by atoms with Crippen molar-refractivity contribution in [3.63, 3.8) is 0 Å². The van der Waals surface area contributed by atoms with Crippen LogP contribution in [0.25, 0.3) is 11.3 Å². The van der Waals surface area contributed by atoms with Crippen molar-refractivity contribution in [1.29, 1.82) is 0 Å². The lowest BCUT2D eigenvalue weighted by atomic mass is 10.1. The lowest BCUT2D eigenvalue weighted by Crippen LogP contribution is -2.32. The Kier molecular flexibility index (Phi) is 3.18. The van der Waals surface area contributed by atoms with E-state index in [2.05, 4.69) is 5.16 Å². The summed E-state index contributed by atoms with van der Waals surface area (Å²) < 4.78 is 5.32. The number of amides is 3. The van der Waals surface area contributed by atoms with Crippen LogP contribution in [0.1, 0.15) is 24.2 Å². The molecule has 4 rings (SSSR count). The van der Waals surface area contributed by atoms with E-state index in [4.69, 9.17) is 4.52 Å². The van der Waals surface area contributed by atoms with Crippen molar-refractivity contribution in [2.45, 2.75) is 32.4 Å². The average Bonchev–Trinajstić information content (AvgIpc) is 3.25. The van der Waals surface area contributed by atoms with Crippen molar-refractivity contribution in [2.75, 3.05) is 6.54 Å². The van der Waals surface area contributed by atoms with Crippen LogP contribution < -0.4 is 0 Å². The molecule has 0 N–H and O–H groups in total. The highest BCUT2D eigenvalue weighted by Gasteiger charge is 2.47. The number of fused-ring (bicyclic) bond motifs is 1. The third-order valence-electron chi connectivity index (χ3n) is 4.50. The molecule has 0 saturated carbocycles. The maximum atomic E-state index is 12.3. The van der Waals surface area contributed by atoms with Crippen LogP contribution in [0.2, 0.25) is 0 Å². The predicted molar refractivity (Wildman–Crippen MR) is 82.4 cm³/mol. The van der Waals surface area contributed by atoms with Gasteiger partial charge in [0.1, 0.15) is 11.7 Å². The quantitative estimate of drug-likeness (QED) is 0.817.